The van der Waals surface area contributed by atoms with E-state index >= 15 is 0 Å². The number of rotatable bonds is 42. The van der Waals surface area contributed by atoms with E-state index in [9.17, 15) is 0 Å². The van der Waals surface area contributed by atoms with Crippen LogP contribution in [-0.4, -0.2) is 0 Å². The van der Waals surface area contributed by atoms with Crippen LogP contribution in [0.2, 0.25) is 0 Å². The molecule has 0 bridgehead atoms. The normalized spacial score (nSPS) is 12.6. The van der Waals surface area contributed by atoms with Gasteiger partial charge in [0.2, 0.25) is 0 Å². The molecule has 0 heterocycles. The van der Waals surface area contributed by atoms with Crippen molar-refractivity contribution in [2.45, 2.75) is 271 Å². The van der Waals surface area contributed by atoms with Gasteiger partial charge in [-0.25, -0.2) is 0 Å². The minimum Gasteiger partial charge on any atom is -0.0654 e. The summed E-state index contributed by atoms with van der Waals surface area (Å²) in [7, 11) is 0. The number of fused-ring (bicyclic) bond motifs is 6. The van der Waals surface area contributed by atoms with Gasteiger partial charge in [-0.1, -0.05) is 360 Å². The first kappa shape index (κ1) is 68.6. The van der Waals surface area contributed by atoms with E-state index in [-0.39, 0.29) is 0 Å². The summed E-state index contributed by atoms with van der Waals surface area (Å²) in [6.07, 6.45) is 52.4. The Balaban J connectivity index is 0.916. The maximum atomic E-state index is 2.73. The molecule has 0 fully saturated rings. The molecule has 0 unspecified atom stereocenters. The minimum absolute atomic E-state index is 1.10. The number of unbranched alkanes of at least 4 members (excludes halogenated alkanes) is 33. The second-order valence-corrected chi connectivity index (χ2v) is 32.3. The van der Waals surface area contributed by atoms with Crippen molar-refractivity contribution in [1.29, 1.82) is 0 Å². The highest BCUT2D eigenvalue weighted by Crippen LogP contribution is 2.62. The lowest BCUT2D eigenvalue weighted by atomic mass is 9.72. The summed E-state index contributed by atoms with van der Waals surface area (Å²) in [5.41, 5.74) is 12.4. The molecule has 0 nitrogen and oxygen atoms in total. The highest BCUT2D eigenvalue weighted by atomic mass is 14.4. The summed E-state index contributed by atoms with van der Waals surface area (Å²) in [5, 5.41) is 35.1. The van der Waals surface area contributed by atoms with Gasteiger partial charge in [-0.05, 0) is 254 Å². The Hall–Kier alpha value is -7.80. The van der Waals surface area contributed by atoms with Crippen LogP contribution in [0, 0.1) is 0 Å². The molecule has 0 amide bonds. The molecule has 0 atom stereocenters. The average molecular weight is 1340 g/mol. The fraction of sp³-hybridized carbons (Fsp3) is 0.412. The zero-order valence-corrected chi connectivity index (χ0v) is 62.7. The molecular formula is C102H114. The number of benzene rings is 16. The van der Waals surface area contributed by atoms with Crippen LogP contribution in [0.5, 0.6) is 0 Å². The van der Waals surface area contributed by atoms with Crippen molar-refractivity contribution in [3.05, 3.63) is 180 Å². The molecule has 0 heteroatoms. The van der Waals surface area contributed by atoms with Crippen LogP contribution in [-0.2, 0) is 19.3 Å². The van der Waals surface area contributed by atoms with Gasteiger partial charge in [-0.3, -0.25) is 0 Å². The second kappa shape index (κ2) is 32.1. The van der Waals surface area contributed by atoms with Gasteiger partial charge in [-0.15, -0.1) is 0 Å². The van der Waals surface area contributed by atoms with Crippen LogP contribution < -0.4 is 0 Å². The molecule has 16 rings (SSSR count). The van der Waals surface area contributed by atoms with E-state index in [1.807, 2.05) is 0 Å². The summed E-state index contributed by atoms with van der Waals surface area (Å²) in [4.78, 5) is 0. The highest BCUT2D eigenvalue weighted by molar-refractivity contribution is 6.61. The molecule has 0 N–H and O–H groups in total. The van der Waals surface area contributed by atoms with Gasteiger partial charge in [0.25, 0.3) is 0 Å². The Morgan fingerprint density at radius 2 is 0.304 bits per heavy atom. The van der Waals surface area contributed by atoms with E-state index in [0.29, 0.717) is 0 Å². The lowest BCUT2D eigenvalue weighted by molar-refractivity contribution is 0.544. The molecule has 0 saturated heterocycles. The van der Waals surface area contributed by atoms with Gasteiger partial charge in [0.05, 0.1) is 0 Å². The van der Waals surface area contributed by atoms with Crippen molar-refractivity contribution in [2.75, 3.05) is 0 Å². The third-order valence-corrected chi connectivity index (χ3v) is 25.0. The number of hydrogen-bond acceptors (Lipinski definition) is 0. The van der Waals surface area contributed by atoms with E-state index < -0.39 is 0 Å². The first-order valence-corrected chi connectivity index (χ1v) is 42.1. The van der Waals surface area contributed by atoms with Crippen molar-refractivity contribution in [2.24, 2.45) is 0 Å². The smallest absolute Gasteiger partial charge is 0.0000469 e. The number of aryl methyl sites for hydroxylation is 3. The molecule has 522 valence electrons. The largest absolute Gasteiger partial charge is 0.0654 e. The van der Waals surface area contributed by atoms with Gasteiger partial charge in [0.1, 0.15) is 0 Å². The SMILES string of the molecule is CCCCCCCCCCCCCCc1cc2c3cc(-c4ccccc4)cc4c5cc(CCCCCCCCCCCCCC)cc6c7cc(-c8ccccc8)cc8c9cc(CCCCCCCCCCCCCC)cc%10c%11cc(-c%12ccccc%12)cc%12c(c1)c2c1c(c34)c(c56)c(c78)c(c%109)c1c%12%11. The van der Waals surface area contributed by atoms with Crippen LogP contribution in [0.4, 0.5) is 0 Å². The quantitative estimate of drug-likeness (QED) is 0.0203. The van der Waals surface area contributed by atoms with Gasteiger partial charge in [0, 0.05) is 0 Å². The molecule has 0 aromatic heterocycles. The first-order chi connectivity index (χ1) is 50.6. The fourth-order valence-corrected chi connectivity index (χ4v) is 19.8. The summed E-state index contributed by atoms with van der Waals surface area (Å²) in [6, 6.07) is 66.6. The van der Waals surface area contributed by atoms with E-state index in [1.54, 1.807) is 0 Å². The van der Waals surface area contributed by atoms with Crippen LogP contribution in [0.15, 0.2) is 164 Å². The molecular weight excluding hydrogens is 1230 g/mol. The van der Waals surface area contributed by atoms with Crippen molar-refractivity contribution in [3.63, 3.8) is 0 Å². The Morgan fingerprint density at radius 3 is 0.480 bits per heavy atom. The predicted octanol–water partition coefficient (Wildman–Crippen LogP) is 32.9. The Kier molecular flexibility index (Phi) is 21.6. The Bertz CT molecular complexity index is 4600. The summed E-state index contributed by atoms with van der Waals surface area (Å²) in [5.74, 6) is 0. The molecule has 16 aromatic rings. The number of hydrogen-bond donors (Lipinski definition) is 0. The molecule has 102 heavy (non-hydrogen) atoms. The van der Waals surface area contributed by atoms with Crippen molar-refractivity contribution >= 4 is 129 Å². The highest BCUT2D eigenvalue weighted by Gasteiger charge is 2.33. The van der Waals surface area contributed by atoms with Crippen LogP contribution in [0.25, 0.3) is 163 Å². The molecule has 0 saturated carbocycles. The van der Waals surface area contributed by atoms with E-state index in [0.717, 1.165) is 19.3 Å². The summed E-state index contributed by atoms with van der Waals surface area (Å²) >= 11 is 0. The van der Waals surface area contributed by atoms with E-state index in [4.69, 9.17) is 0 Å². The maximum absolute atomic E-state index is 2.73. The van der Waals surface area contributed by atoms with Gasteiger partial charge in [0.15, 0.2) is 0 Å². The lowest BCUT2D eigenvalue weighted by Crippen LogP contribution is -2.02. The summed E-state index contributed by atoms with van der Waals surface area (Å²) < 4.78 is 0. The average Bonchev–Trinajstić information content (AvgIpc) is 0.643. The lowest BCUT2D eigenvalue weighted by Gasteiger charge is -2.30. The van der Waals surface area contributed by atoms with Crippen molar-refractivity contribution in [1.82, 2.24) is 0 Å². The molecule has 0 radical (unpaired) electrons. The molecule has 16 aromatic carbocycles. The molecule has 0 spiro atoms. The monoisotopic (exact) mass is 1340 g/mol. The van der Waals surface area contributed by atoms with Gasteiger partial charge < -0.3 is 0 Å². The topological polar surface area (TPSA) is 0 Å². The van der Waals surface area contributed by atoms with Crippen LogP contribution in [0.1, 0.15) is 269 Å². The van der Waals surface area contributed by atoms with Crippen molar-refractivity contribution < 1.29 is 0 Å². The first-order valence-electron chi connectivity index (χ1n) is 42.1. The predicted molar refractivity (Wildman–Crippen MR) is 454 cm³/mol. The van der Waals surface area contributed by atoms with E-state index in [1.165, 1.54) is 410 Å². The zero-order chi connectivity index (χ0) is 68.7. The molecule has 0 aliphatic carbocycles. The van der Waals surface area contributed by atoms with Gasteiger partial charge in [-0.2, -0.15) is 0 Å². The van der Waals surface area contributed by atoms with E-state index in [2.05, 4.69) is 185 Å². The molecule has 0 aliphatic rings. The van der Waals surface area contributed by atoms with Crippen molar-refractivity contribution in [3.8, 4) is 33.4 Å². The standard InChI is InChI=1S/C102H114/c1-4-7-10-13-16-19-22-25-28-31-34-40-49-70-58-79-85-64-76(73-52-43-37-44-53-73)66-87-81-60-71(50-41-35-32-29-26-23-20-17-14-11-8-5-2)62-83-89-68-78(75-56-47-39-48-57-75)69-90-84-63-72(51-42-36-33-30-27-24-21-18-15-12-9-6-3)61-82-88-67-77(74-54-45-38-46-55-74)65-86-80(59-70)91(79)97-100(94(85)87)98(92(81)83)102(96(89)90)99(93(82)84)101(97)95(86)88/h37-39,43-48,52-69H,4-36,40-42,49-51H2,1-3H3. The van der Waals surface area contributed by atoms with Crippen LogP contribution in [0.3, 0.4) is 0 Å². The third-order valence-electron chi connectivity index (χ3n) is 25.0. The summed E-state index contributed by atoms with van der Waals surface area (Å²) in [6.45, 7) is 6.99. The second-order valence-electron chi connectivity index (χ2n) is 32.3. The Morgan fingerprint density at radius 1 is 0.147 bits per heavy atom. The van der Waals surface area contributed by atoms with Crippen LogP contribution >= 0.6 is 0 Å². The third kappa shape index (κ3) is 13.5. The Labute approximate surface area is 610 Å². The fourth-order valence-electron chi connectivity index (χ4n) is 19.8. The molecule has 0 aliphatic heterocycles. The van der Waals surface area contributed by atoms with Gasteiger partial charge >= 0.3 is 0 Å². The maximum Gasteiger partial charge on any atom is -0.0000469 e. The zero-order valence-electron chi connectivity index (χ0n) is 62.7. The minimum atomic E-state index is 1.10.